The first-order valence-electron chi connectivity index (χ1n) is 6.29. The number of pyridine rings is 1. The first-order valence-corrected chi connectivity index (χ1v) is 6.29. The van der Waals surface area contributed by atoms with Gasteiger partial charge in [0.05, 0.1) is 12.6 Å². The predicted molar refractivity (Wildman–Crippen MR) is 72.2 cm³/mol. The summed E-state index contributed by atoms with van der Waals surface area (Å²) in [5.41, 5.74) is 0.928. The average Bonchev–Trinajstić information content (AvgIpc) is 2.98. The van der Waals surface area contributed by atoms with Crippen molar-refractivity contribution in [2.45, 2.75) is 12.5 Å². The maximum absolute atomic E-state index is 12.5. The fraction of sp³-hybridized carbons (Fsp3) is 0.357. The number of nitrogens with zero attached hydrogens (tertiary/aromatic N) is 2. The van der Waals surface area contributed by atoms with Crippen molar-refractivity contribution in [2.24, 2.45) is 0 Å². The van der Waals surface area contributed by atoms with Crippen LogP contribution in [0.5, 0.6) is 0 Å². The Balaban J connectivity index is 2.22. The molecule has 20 heavy (non-hydrogen) atoms. The first-order chi connectivity index (χ1) is 9.59. The number of aromatic nitrogens is 1. The van der Waals surface area contributed by atoms with Gasteiger partial charge in [-0.2, -0.15) is 0 Å². The van der Waals surface area contributed by atoms with Gasteiger partial charge in [-0.05, 0) is 18.6 Å². The SMILES string of the molecule is CN(C(=O)c1ccncc1/C=C/C(=O)O)C1CCOC1. The molecule has 1 aliphatic heterocycles. The van der Waals surface area contributed by atoms with E-state index in [0.29, 0.717) is 24.3 Å². The molecule has 1 atom stereocenters. The second-order valence-electron chi connectivity index (χ2n) is 4.57. The van der Waals surface area contributed by atoms with E-state index in [9.17, 15) is 9.59 Å². The summed E-state index contributed by atoms with van der Waals surface area (Å²) in [6.07, 6.45) is 6.18. The third-order valence-electron chi connectivity index (χ3n) is 3.26. The Morgan fingerprint density at radius 3 is 3.00 bits per heavy atom. The lowest BCUT2D eigenvalue weighted by Gasteiger charge is -2.23. The topological polar surface area (TPSA) is 79.7 Å². The Hall–Kier alpha value is -2.21. The molecule has 1 N–H and O–H groups in total. The molecular formula is C14H16N2O4. The van der Waals surface area contributed by atoms with Crippen LogP contribution in [0, 0.1) is 0 Å². The third-order valence-corrected chi connectivity index (χ3v) is 3.26. The summed E-state index contributed by atoms with van der Waals surface area (Å²) in [6, 6.07) is 1.66. The third kappa shape index (κ3) is 3.21. The summed E-state index contributed by atoms with van der Waals surface area (Å²) in [5.74, 6) is -1.22. The average molecular weight is 276 g/mol. The molecule has 0 aliphatic carbocycles. The van der Waals surface area contributed by atoms with Crippen molar-refractivity contribution in [2.75, 3.05) is 20.3 Å². The molecule has 1 aromatic rings. The number of ether oxygens (including phenoxy) is 1. The van der Waals surface area contributed by atoms with E-state index in [0.717, 1.165) is 12.5 Å². The van der Waals surface area contributed by atoms with Crippen LogP contribution in [0.3, 0.4) is 0 Å². The second-order valence-corrected chi connectivity index (χ2v) is 4.57. The molecule has 6 nitrogen and oxygen atoms in total. The molecule has 0 radical (unpaired) electrons. The molecule has 1 amide bonds. The van der Waals surface area contributed by atoms with Gasteiger partial charge in [0.2, 0.25) is 0 Å². The largest absolute Gasteiger partial charge is 0.478 e. The molecule has 0 bridgehead atoms. The summed E-state index contributed by atoms with van der Waals surface area (Å²) < 4.78 is 5.28. The minimum atomic E-state index is -1.07. The maximum atomic E-state index is 12.5. The lowest BCUT2D eigenvalue weighted by molar-refractivity contribution is -0.131. The van der Waals surface area contributed by atoms with Gasteiger partial charge in [-0.1, -0.05) is 0 Å². The lowest BCUT2D eigenvalue weighted by atomic mass is 10.1. The fourth-order valence-electron chi connectivity index (χ4n) is 2.08. The van der Waals surface area contributed by atoms with Gasteiger partial charge in [0.25, 0.3) is 5.91 Å². The Labute approximate surface area is 116 Å². The molecule has 1 aliphatic rings. The molecule has 0 spiro atoms. The lowest BCUT2D eigenvalue weighted by Crippen LogP contribution is -2.37. The van der Waals surface area contributed by atoms with Crippen molar-refractivity contribution in [1.29, 1.82) is 0 Å². The number of aliphatic carboxylic acids is 1. The van der Waals surface area contributed by atoms with Gasteiger partial charge in [0.15, 0.2) is 0 Å². The summed E-state index contributed by atoms with van der Waals surface area (Å²) in [7, 11) is 1.73. The number of likely N-dealkylation sites (N-methyl/N-ethyl adjacent to an activating group) is 1. The molecule has 1 unspecified atom stereocenters. The molecular weight excluding hydrogens is 260 g/mol. The highest BCUT2D eigenvalue weighted by molar-refractivity contribution is 5.98. The van der Waals surface area contributed by atoms with Crippen LogP contribution in [0.15, 0.2) is 24.5 Å². The van der Waals surface area contributed by atoms with Gasteiger partial charge in [0, 0.05) is 43.3 Å². The van der Waals surface area contributed by atoms with Gasteiger partial charge in [0.1, 0.15) is 0 Å². The van der Waals surface area contributed by atoms with Gasteiger partial charge >= 0.3 is 5.97 Å². The Morgan fingerprint density at radius 2 is 2.35 bits per heavy atom. The smallest absolute Gasteiger partial charge is 0.328 e. The van der Waals surface area contributed by atoms with E-state index in [4.69, 9.17) is 9.84 Å². The quantitative estimate of drug-likeness (QED) is 0.831. The highest BCUT2D eigenvalue weighted by Gasteiger charge is 2.25. The van der Waals surface area contributed by atoms with Gasteiger partial charge in [-0.25, -0.2) is 4.79 Å². The monoisotopic (exact) mass is 276 g/mol. The van der Waals surface area contributed by atoms with Gasteiger partial charge in [-0.3, -0.25) is 9.78 Å². The number of carbonyl (C=O) groups is 2. The molecule has 1 aromatic heterocycles. The van der Waals surface area contributed by atoms with Crippen LogP contribution in [0.25, 0.3) is 6.08 Å². The fourth-order valence-corrected chi connectivity index (χ4v) is 2.08. The number of hydrogen-bond acceptors (Lipinski definition) is 4. The molecule has 6 heteroatoms. The highest BCUT2D eigenvalue weighted by atomic mass is 16.5. The van der Waals surface area contributed by atoms with Crippen molar-refractivity contribution < 1.29 is 19.4 Å². The zero-order chi connectivity index (χ0) is 14.5. The van der Waals surface area contributed by atoms with Crippen LogP contribution < -0.4 is 0 Å². The first kappa shape index (κ1) is 14.2. The van der Waals surface area contributed by atoms with Crippen molar-refractivity contribution in [3.63, 3.8) is 0 Å². The Kier molecular flexibility index (Phi) is 4.47. The Morgan fingerprint density at radius 1 is 1.55 bits per heavy atom. The number of carboxylic acid groups (broad SMARTS) is 1. The molecule has 1 saturated heterocycles. The summed E-state index contributed by atoms with van der Waals surface area (Å²) in [5, 5.41) is 8.67. The molecule has 2 heterocycles. The van der Waals surface area contributed by atoms with E-state index in [1.54, 1.807) is 18.0 Å². The number of hydrogen-bond donors (Lipinski definition) is 1. The summed E-state index contributed by atoms with van der Waals surface area (Å²) >= 11 is 0. The van der Waals surface area contributed by atoms with E-state index < -0.39 is 5.97 Å². The van der Waals surface area contributed by atoms with E-state index >= 15 is 0 Å². The molecule has 106 valence electrons. The number of carbonyl (C=O) groups excluding carboxylic acids is 1. The number of amides is 1. The second kappa shape index (κ2) is 6.29. The maximum Gasteiger partial charge on any atom is 0.328 e. The van der Waals surface area contributed by atoms with Gasteiger partial charge < -0.3 is 14.7 Å². The predicted octanol–water partition coefficient (Wildman–Crippen LogP) is 1.04. The minimum Gasteiger partial charge on any atom is -0.478 e. The van der Waals surface area contributed by atoms with E-state index in [1.165, 1.54) is 18.5 Å². The summed E-state index contributed by atoms with van der Waals surface area (Å²) in [6.45, 7) is 1.19. The zero-order valence-corrected chi connectivity index (χ0v) is 11.2. The normalized spacial score (nSPS) is 18.4. The van der Waals surface area contributed by atoms with Crippen molar-refractivity contribution >= 4 is 18.0 Å². The van der Waals surface area contributed by atoms with Crippen molar-refractivity contribution in [3.8, 4) is 0 Å². The number of carboxylic acids is 1. The van der Waals surface area contributed by atoms with E-state index in [2.05, 4.69) is 4.98 Å². The highest BCUT2D eigenvalue weighted by Crippen LogP contribution is 2.17. The molecule has 1 fully saturated rings. The molecule has 0 saturated carbocycles. The standard InChI is InChI=1S/C14H16N2O4/c1-16(11-5-7-20-9-11)14(19)12-4-6-15-8-10(12)2-3-13(17)18/h2-4,6,8,11H,5,7,9H2,1H3,(H,17,18)/b3-2+. The molecule has 2 rings (SSSR count). The van der Waals surface area contributed by atoms with Crippen molar-refractivity contribution in [1.82, 2.24) is 9.88 Å². The number of rotatable bonds is 4. The van der Waals surface area contributed by atoms with Crippen LogP contribution in [-0.2, 0) is 9.53 Å². The van der Waals surface area contributed by atoms with Crippen LogP contribution >= 0.6 is 0 Å². The minimum absolute atomic E-state index is 0.0620. The van der Waals surface area contributed by atoms with Crippen LogP contribution in [0.1, 0.15) is 22.3 Å². The van der Waals surface area contributed by atoms with E-state index in [-0.39, 0.29) is 11.9 Å². The molecule has 0 aromatic carbocycles. The Bertz CT molecular complexity index is 536. The van der Waals surface area contributed by atoms with Crippen LogP contribution in [0.2, 0.25) is 0 Å². The zero-order valence-electron chi connectivity index (χ0n) is 11.2. The van der Waals surface area contributed by atoms with Crippen molar-refractivity contribution in [3.05, 3.63) is 35.7 Å². The van der Waals surface area contributed by atoms with Crippen LogP contribution in [-0.4, -0.2) is 53.2 Å². The summed E-state index contributed by atoms with van der Waals surface area (Å²) in [4.78, 5) is 28.6. The van der Waals surface area contributed by atoms with Gasteiger partial charge in [-0.15, -0.1) is 0 Å². The van der Waals surface area contributed by atoms with Crippen LogP contribution in [0.4, 0.5) is 0 Å². The van der Waals surface area contributed by atoms with E-state index in [1.807, 2.05) is 0 Å².